The Bertz CT molecular complexity index is 2160. The molecule has 18 heteroatoms. The third kappa shape index (κ3) is 8.98. The maximum atomic E-state index is 14.5. The number of benzene rings is 2. The molecule has 2 aromatic carbocycles. The largest absolute Gasteiger partial charge is 0.485 e. The Balaban J connectivity index is 1.18. The maximum Gasteiger partial charge on any atom is 0.473 e. The van der Waals surface area contributed by atoms with E-state index in [4.69, 9.17) is 27.8 Å². The number of rotatable bonds is 14. The Morgan fingerprint density at radius 2 is 1.27 bits per heavy atom. The summed E-state index contributed by atoms with van der Waals surface area (Å²) >= 11 is 0. The Hall–Kier alpha value is -3.82. The molecular weight excluding hydrogens is 802 g/mol. The topological polar surface area (TPSA) is 218 Å². The number of carbonyl (C=O) groups excluding carboxylic acids is 2. The van der Waals surface area contributed by atoms with E-state index in [2.05, 4.69) is 12.1 Å². The smallest absolute Gasteiger partial charge is 0.473 e. The number of phosphoric acid groups is 1. The van der Waals surface area contributed by atoms with E-state index in [0.717, 1.165) is 0 Å². The Labute approximate surface area is 345 Å². The van der Waals surface area contributed by atoms with Crippen LogP contribution in [0, 0.1) is 22.7 Å². The van der Waals surface area contributed by atoms with Crippen LogP contribution in [0.2, 0.25) is 0 Å². The number of carbonyl (C=O) groups is 2. The van der Waals surface area contributed by atoms with Crippen LogP contribution in [-0.2, 0) is 37.0 Å². The minimum absolute atomic E-state index is 0.0164. The molecule has 2 amide bonds. The van der Waals surface area contributed by atoms with Crippen molar-refractivity contribution in [2.75, 3.05) is 19.7 Å². The van der Waals surface area contributed by atoms with Crippen molar-refractivity contribution in [2.45, 2.75) is 140 Å². The lowest BCUT2D eigenvalue weighted by Crippen LogP contribution is -2.55. The molecule has 59 heavy (non-hydrogen) atoms. The SMILES string of the molecule is CCC(C)(OCCC(C)(C)OP(=O)(O)OC1C(N2CCCC2=O)c2cc(C#N)ccc2OC1(C)C)P(=O)(O)OC1C(N2CCCC2=O)c2cc(C#N)ccc2OC1(C)C. The molecule has 2 fully saturated rings. The van der Waals surface area contributed by atoms with Crippen LogP contribution in [0.25, 0.3) is 0 Å². The number of nitrogens with zero attached hydrogens (tertiary/aromatic N) is 4. The third-order valence-electron chi connectivity index (χ3n) is 11.7. The van der Waals surface area contributed by atoms with Gasteiger partial charge in [-0.05, 0) is 111 Å². The van der Waals surface area contributed by atoms with Crippen molar-refractivity contribution in [3.63, 3.8) is 0 Å². The van der Waals surface area contributed by atoms with Gasteiger partial charge in [0.05, 0.1) is 47.6 Å². The Morgan fingerprint density at radius 3 is 1.68 bits per heavy atom. The second-order valence-electron chi connectivity index (χ2n) is 17.4. The Kier molecular flexibility index (Phi) is 12.3. The van der Waals surface area contributed by atoms with Crippen LogP contribution in [0.1, 0.15) is 128 Å². The molecule has 0 bridgehead atoms. The molecular formula is C41H54N4O12P2. The zero-order valence-electron chi connectivity index (χ0n) is 34.8. The number of ether oxygens (including phenoxy) is 3. The van der Waals surface area contributed by atoms with Gasteiger partial charge in [-0.1, -0.05) is 6.92 Å². The van der Waals surface area contributed by atoms with Crippen molar-refractivity contribution >= 4 is 27.2 Å². The number of nitriles is 2. The van der Waals surface area contributed by atoms with Gasteiger partial charge >= 0.3 is 15.4 Å². The fourth-order valence-corrected chi connectivity index (χ4v) is 11.3. The van der Waals surface area contributed by atoms with E-state index in [1.165, 1.54) is 6.92 Å². The third-order valence-corrected chi connectivity index (χ3v) is 15.1. The molecule has 4 aliphatic heterocycles. The van der Waals surface area contributed by atoms with Crippen LogP contribution >= 0.6 is 15.4 Å². The van der Waals surface area contributed by atoms with E-state index in [1.54, 1.807) is 94.7 Å². The first kappa shape index (κ1) is 44.7. The van der Waals surface area contributed by atoms with E-state index in [0.29, 0.717) is 72.5 Å². The lowest BCUT2D eigenvalue weighted by atomic mass is 9.85. The number of phosphoric ester groups is 1. The molecule has 0 aromatic heterocycles. The standard InChI is InChI=1S/C41H54N4O12P2/c1-9-41(8,58(48,49)55-36-34(44-19-10-12-32(44)46)28-22-26(24-42)14-16-30(28)53-39(36,4)5)52-21-18-38(2,3)57-59(50,51)56-37-35(45-20-11-13-33(45)47)29-23-27(25-43)15-17-31(29)54-40(37,6)7/h14-17,22-23,34-37H,9-13,18-21H2,1-8H3,(H,48,49)(H,50,51). The van der Waals surface area contributed by atoms with Crippen molar-refractivity contribution in [3.8, 4) is 23.6 Å². The number of amides is 2. The quantitative estimate of drug-likeness (QED) is 0.180. The molecule has 0 radical (unpaired) electrons. The molecule has 6 rings (SSSR count). The van der Waals surface area contributed by atoms with E-state index in [9.17, 15) is 39.0 Å². The average Bonchev–Trinajstić information content (AvgIpc) is 3.77. The molecule has 0 saturated carbocycles. The second-order valence-corrected chi connectivity index (χ2v) is 21.0. The summed E-state index contributed by atoms with van der Waals surface area (Å²) in [5, 5.41) is 17.5. The van der Waals surface area contributed by atoms with Gasteiger partial charge in [0.1, 0.15) is 34.9 Å². The van der Waals surface area contributed by atoms with Gasteiger partial charge in [0.15, 0.2) is 5.34 Å². The fourth-order valence-electron chi connectivity index (χ4n) is 8.30. The summed E-state index contributed by atoms with van der Waals surface area (Å²) in [7, 11) is -9.69. The van der Waals surface area contributed by atoms with Gasteiger partial charge in [-0.25, -0.2) is 4.57 Å². The summed E-state index contributed by atoms with van der Waals surface area (Å²) in [5.74, 6) is 0.543. The summed E-state index contributed by atoms with van der Waals surface area (Å²) in [6.45, 7) is 13.5. The average molecular weight is 857 g/mol. The highest BCUT2D eigenvalue weighted by Crippen LogP contribution is 2.62. The first-order valence-corrected chi connectivity index (χ1v) is 23.0. The minimum atomic E-state index is -4.94. The number of hydrogen-bond acceptors (Lipinski definition) is 12. The van der Waals surface area contributed by atoms with E-state index >= 15 is 0 Å². The van der Waals surface area contributed by atoms with Gasteiger partial charge in [0.2, 0.25) is 11.8 Å². The van der Waals surface area contributed by atoms with Crippen LogP contribution in [0.15, 0.2) is 36.4 Å². The second kappa shape index (κ2) is 16.2. The van der Waals surface area contributed by atoms with E-state index in [1.807, 2.05) is 0 Å². The van der Waals surface area contributed by atoms with Crippen molar-refractivity contribution < 1.29 is 56.3 Å². The highest BCUT2D eigenvalue weighted by molar-refractivity contribution is 7.54. The molecule has 7 atom stereocenters. The van der Waals surface area contributed by atoms with Crippen molar-refractivity contribution in [1.29, 1.82) is 10.5 Å². The molecule has 16 nitrogen and oxygen atoms in total. The van der Waals surface area contributed by atoms with Gasteiger partial charge in [-0.2, -0.15) is 10.5 Å². The Morgan fingerprint density at radius 1 is 0.814 bits per heavy atom. The lowest BCUT2D eigenvalue weighted by molar-refractivity contribution is -0.140. The molecule has 2 aromatic rings. The highest BCUT2D eigenvalue weighted by atomic mass is 31.2. The molecule has 7 unspecified atom stereocenters. The van der Waals surface area contributed by atoms with Gasteiger partial charge in [0, 0.05) is 37.1 Å². The monoisotopic (exact) mass is 856 g/mol. The zero-order valence-corrected chi connectivity index (χ0v) is 36.6. The van der Waals surface area contributed by atoms with Crippen molar-refractivity contribution in [2.24, 2.45) is 0 Å². The molecule has 4 aliphatic rings. The number of fused-ring (bicyclic) bond motifs is 2. The fraction of sp³-hybridized carbons (Fsp3) is 0.610. The van der Waals surface area contributed by atoms with Crippen LogP contribution in [0.3, 0.4) is 0 Å². The van der Waals surface area contributed by atoms with Crippen molar-refractivity contribution in [1.82, 2.24) is 9.80 Å². The summed E-state index contributed by atoms with van der Waals surface area (Å²) in [6, 6.07) is 12.2. The van der Waals surface area contributed by atoms with Crippen LogP contribution < -0.4 is 9.47 Å². The molecule has 2 saturated heterocycles. The summed E-state index contributed by atoms with van der Waals surface area (Å²) in [6.07, 6.45) is -0.602. The summed E-state index contributed by atoms with van der Waals surface area (Å²) < 4.78 is 65.0. The van der Waals surface area contributed by atoms with Gasteiger partial charge in [-0.15, -0.1) is 0 Å². The zero-order chi connectivity index (χ0) is 43.3. The van der Waals surface area contributed by atoms with Crippen LogP contribution in [0.5, 0.6) is 11.5 Å². The summed E-state index contributed by atoms with van der Waals surface area (Å²) in [5.41, 5.74) is -2.21. The normalized spacial score (nSPS) is 26.6. The van der Waals surface area contributed by atoms with E-state index in [-0.39, 0.29) is 31.3 Å². The predicted octanol–water partition coefficient (Wildman–Crippen LogP) is 7.18. The maximum absolute atomic E-state index is 14.5. The molecule has 320 valence electrons. The number of hydrogen-bond donors (Lipinski definition) is 2. The predicted molar refractivity (Wildman–Crippen MR) is 213 cm³/mol. The molecule has 4 heterocycles. The first-order chi connectivity index (χ1) is 27.5. The van der Waals surface area contributed by atoms with Crippen LogP contribution in [-0.4, -0.2) is 85.5 Å². The number of likely N-dealkylation sites (tertiary alicyclic amines) is 2. The molecule has 0 spiro atoms. The van der Waals surface area contributed by atoms with Crippen molar-refractivity contribution in [3.05, 3.63) is 58.7 Å². The first-order valence-electron chi connectivity index (χ1n) is 19.9. The summed E-state index contributed by atoms with van der Waals surface area (Å²) in [4.78, 5) is 52.6. The lowest BCUT2D eigenvalue weighted by Gasteiger charge is -2.48. The van der Waals surface area contributed by atoms with Gasteiger partial charge in [0.25, 0.3) is 0 Å². The molecule has 0 aliphatic carbocycles. The molecule has 2 N–H and O–H groups in total. The minimum Gasteiger partial charge on any atom is -0.485 e. The van der Waals surface area contributed by atoms with Crippen LogP contribution in [0.4, 0.5) is 0 Å². The van der Waals surface area contributed by atoms with Gasteiger partial charge < -0.3 is 33.8 Å². The van der Waals surface area contributed by atoms with E-state index < -0.39 is 61.9 Å². The highest BCUT2D eigenvalue weighted by Gasteiger charge is 2.56. The van der Waals surface area contributed by atoms with Gasteiger partial charge in [-0.3, -0.25) is 27.7 Å².